The molecule has 0 saturated heterocycles. The molecule has 4 heteroatoms. The quantitative estimate of drug-likeness (QED) is 0.356. The minimum Gasteiger partial charge on any atom is -1.00 e. The summed E-state index contributed by atoms with van der Waals surface area (Å²) in [6.45, 7) is 1.35. The maximum atomic E-state index is 8.66. The fourth-order valence-corrected chi connectivity index (χ4v) is 0.485. The Bertz CT molecular complexity index is 60.7. The third-order valence-electron chi connectivity index (χ3n) is 1.76. The van der Waals surface area contributed by atoms with E-state index in [1.807, 2.05) is 6.92 Å². The fourth-order valence-electron chi connectivity index (χ4n) is 0.485. The largest absolute Gasteiger partial charge is 1.00 e. The predicted octanol–water partition coefficient (Wildman–Crippen LogP) is -3.52. The third-order valence-corrected chi connectivity index (χ3v) is 1.76. The smallest absolute Gasteiger partial charge is 1.00 e. The second-order valence-corrected chi connectivity index (χ2v) is 2.33. The second kappa shape index (κ2) is 6.20. The van der Waals surface area contributed by atoms with Crippen molar-refractivity contribution in [2.75, 3.05) is 19.8 Å². The summed E-state index contributed by atoms with van der Waals surface area (Å²) in [6, 6.07) is 0. The number of aliphatic hydroxyl groups excluding tert-OH is 3. The van der Waals surface area contributed by atoms with E-state index in [1.165, 1.54) is 0 Å². The van der Waals surface area contributed by atoms with Crippen LogP contribution in [0.15, 0.2) is 0 Å². The molecule has 0 unspecified atom stereocenters. The van der Waals surface area contributed by atoms with Gasteiger partial charge in [-0.3, -0.25) is 0 Å². The van der Waals surface area contributed by atoms with Gasteiger partial charge in [-0.15, -0.1) is 0 Å². The fraction of sp³-hybridized carbons (Fsp3) is 1.00. The molecule has 0 atom stereocenters. The van der Waals surface area contributed by atoms with Crippen LogP contribution >= 0.6 is 0 Å². The summed E-state index contributed by atoms with van der Waals surface area (Å²) >= 11 is 0. The van der Waals surface area contributed by atoms with Crippen molar-refractivity contribution < 1.29 is 35.6 Å². The van der Waals surface area contributed by atoms with Crippen LogP contribution < -0.4 is 18.9 Å². The Balaban J connectivity index is -0.000000320. The summed E-state index contributed by atoms with van der Waals surface area (Å²) in [5.74, 6) is 0. The van der Waals surface area contributed by atoms with Gasteiger partial charge in [0.1, 0.15) is 0 Å². The maximum absolute atomic E-state index is 8.66. The SMILES string of the molecule is CCC(CO)(CO)CO.[H-].[Li+]. The molecule has 0 aromatic rings. The number of aliphatic hydroxyl groups is 3. The van der Waals surface area contributed by atoms with E-state index in [2.05, 4.69) is 0 Å². The van der Waals surface area contributed by atoms with Crippen LogP contribution in [0.1, 0.15) is 14.8 Å². The Morgan fingerprint density at radius 1 is 1.10 bits per heavy atom. The first kappa shape index (κ1) is 13.1. The molecule has 10 heavy (non-hydrogen) atoms. The monoisotopic (exact) mass is 142 g/mol. The average molecular weight is 142 g/mol. The van der Waals surface area contributed by atoms with Gasteiger partial charge in [-0.2, -0.15) is 0 Å². The standard InChI is InChI=1S/C6H14O3.Li.H/c1-2-6(3-7,4-8)5-9;;/h7-9H,2-5H2,1H3;;/q;+1;-1. The van der Waals surface area contributed by atoms with Crippen LogP contribution in [-0.4, -0.2) is 35.1 Å². The number of hydrogen-bond donors (Lipinski definition) is 3. The van der Waals surface area contributed by atoms with Crippen molar-refractivity contribution in [3.8, 4) is 0 Å². The van der Waals surface area contributed by atoms with Gasteiger partial charge >= 0.3 is 18.9 Å². The van der Waals surface area contributed by atoms with Gasteiger partial charge in [0.05, 0.1) is 19.8 Å². The zero-order chi connectivity index (χ0) is 7.33. The molecular formula is C6H15LiO3. The Hall–Kier alpha value is 0.477. The van der Waals surface area contributed by atoms with Crippen molar-refractivity contribution in [1.82, 2.24) is 0 Å². The summed E-state index contributed by atoms with van der Waals surface area (Å²) in [6.07, 6.45) is 0.594. The summed E-state index contributed by atoms with van der Waals surface area (Å²) in [5.41, 5.74) is -0.667. The van der Waals surface area contributed by atoms with Gasteiger partial charge in [0.15, 0.2) is 0 Å². The van der Waals surface area contributed by atoms with Gasteiger partial charge in [0.25, 0.3) is 0 Å². The van der Waals surface area contributed by atoms with E-state index >= 15 is 0 Å². The summed E-state index contributed by atoms with van der Waals surface area (Å²) in [4.78, 5) is 0. The number of rotatable bonds is 4. The van der Waals surface area contributed by atoms with Crippen LogP contribution in [0, 0.1) is 5.41 Å². The molecule has 0 aromatic carbocycles. The second-order valence-electron chi connectivity index (χ2n) is 2.33. The van der Waals surface area contributed by atoms with E-state index in [0.29, 0.717) is 6.42 Å². The van der Waals surface area contributed by atoms with Gasteiger partial charge in [-0.1, -0.05) is 6.92 Å². The zero-order valence-corrected chi connectivity index (χ0v) is 6.67. The molecule has 0 spiro atoms. The molecule has 0 aromatic heterocycles. The maximum Gasteiger partial charge on any atom is 1.00 e. The third kappa shape index (κ3) is 3.04. The topological polar surface area (TPSA) is 60.7 Å². The summed E-state index contributed by atoms with van der Waals surface area (Å²) < 4.78 is 0. The molecule has 0 aliphatic rings. The van der Waals surface area contributed by atoms with Gasteiger partial charge in [0, 0.05) is 5.41 Å². The van der Waals surface area contributed by atoms with E-state index in [-0.39, 0.29) is 40.1 Å². The summed E-state index contributed by atoms with van der Waals surface area (Å²) in [5, 5.41) is 26.0. The van der Waals surface area contributed by atoms with E-state index in [0.717, 1.165) is 0 Å². The van der Waals surface area contributed by atoms with Gasteiger partial charge < -0.3 is 16.7 Å². The first-order chi connectivity index (χ1) is 4.24. The average Bonchev–Trinajstić information content (AvgIpc) is 1.95. The van der Waals surface area contributed by atoms with Crippen molar-refractivity contribution in [3.63, 3.8) is 0 Å². The van der Waals surface area contributed by atoms with Gasteiger partial charge in [0.2, 0.25) is 0 Å². The molecule has 0 fully saturated rings. The molecule has 0 heterocycles. The molecule has 58 valence electrons. The summed E-state index contributed by atoms with van der Waals surface area (Å²) in [7, 11) is 0. The predicted molar refractivity (Wildman–Crippen MR) is 35.1 cm³/mol. The molecule has 0 aliphatic heterocycles. The van der Waals surface area contributed by atoms with Crippen LogP contribution in [0.5, 0.6) is 0 Å². The van der Waals surface area contributed by atoms with E-state index in [1.54, 1.807) is 0 Å². The first-order valence-corrected chi connectivity index (χ1v) is 3.07. The van der Waals surface area contributed by atoms with Crippen LogP contribution in [0.25, 0.3) is 0 Å². The Morgan fingerprint density at radius 2 is 1.40 bits per heavy atom. The molecule has 3 nitrogen and oxygen atoms in total. The number of hydrogen-bond acceptors (Lipinski definition) is 3. The molecule has 3 N–H and O–H groups in total. The van der Waals surface area contributed by atoms with Crippen LogP contribution in [0.4, 0.5) is 0 Å². The molecule has 0 aliphatic carbocycles. The van der Waals surface area contributed by atoms with Crippen LogP contribution in [0.2, 0.25) is 0 Å². The van der Waals surface area contributed by atoms with Gasteiger partial charge in [-0.25, -0.2) is 0 Å². The van der Waals surface area contributed by atoms with E-state index in [4.69, 9.17) is 15.3 Å². The van der Waals surface area contributed by atoms with Crippen molar-refractivity contribution in [3.05, 3.63) is 0 Å². The van der Waals surface area contributed by atoms with Crippen LogP contribution in [0.3, 0.4) is 0 Å². The molecular weight excluding hydrogens is 127 g/mol. The van der Waals surface area contributed by atoms with E-state index < -0.39 is 5.41 Å². The Kier molecular flexibility index (Phi) is 8.12. The Morgan fingerprint density at radius 3 is 1.40 bits per heavy atom. The van der Waals surface area contributed by atoms with Gasteiger partial charge in [-0.05, 0) is 6.42 Å². The van der Waals surface area contributed by atoms with Crippen LogP contribution in [-0.2, 0) is 0 Å². The molecule has 0 radical (unpaired) electrons. The normalized spacial score (nSPS) is 10.8. The molecule has 0 bridgehead atoms. The minimum absolute atomic E-state index is 0. The zero-order valence-electron chi connectivity index (χ0n) is 7.67. The molecule has 0 saturated carbocycles. The molecule has 0 rings (SSSR count). The van der Waals surface area contributed by atoms with E-state index in [9.17, 15) is 0 Å². The Labute approximate surface area is 74.7 Å². The van der Waals surface area contributed by atoms with Crippen molar-refractivity contribution in [2.45, 2.75) is 13.3 Å². The molecule has 0 amide bonds. The minimum atomic E-state index is -0.667. The first-order valence-electron chi connectivity index (χ1n) is 3.07. The van der Waals surface area contributed by atoms with Crippen molar-refractivity contribution in [1.29, 1.82) is 0 Å². The van der Waals surface area contributed by atoms with Crippen molar-refractivity contribution >= 4 is 0 Å². The van der Waals surface area contributed by atoms with Crippen molar-refractivity contribution in [2.24, 2.45) is 5.41 Å².